The number of carboxylic acids is 1. The lowest BCUT2D eigenvalue weighted by molar-refractivity contribution is -0.00803. The van der Waals surface area contributed by atoms with E-state index in [0.29, 0.717) is 30.8 Å². The summed E-state index contributed by atoms with van der Waals surface area (Å²) in [4.78, 5) is 19.1. The lowest BCUT2D eigenvalue weighted by Gasteiger charge is -2.34. The first-order chi connectivity index (χ1) is 21.4. The highest BCUT2D eigenvalue weighted by molar-refractivity contribution is 5.90. The number of hydrogen-bond acceptors (Lipinski definition) is 7. The second-order valence-electron chi connectivity index (χ2n) is 11.6. The second-order valence-corrected chi connectivity index (χ2v) is 11.6. The predicted octanol–water partition coefficient (Wildman–Crippen LogP) is 6.15. The molecule has 0 spiro atoms. The number of carboxylic acid groups (broad SMARTS) is 1. The number of nitrogens with zero attached hydrogens (tertiary/aromatic N) is 4. The van der Waals surface area contributed by atoms with Crippen molar-refractivity contribution < 1.29 is 24.1 Å². The lowest BCUT2D eigenvalue weighted by atomic mass is 9.91. The molecule has 2 aliphatic heterocycles. The summed E-state index contributed by atoms with van der Waals surface area (Å²) in [5, 5.41) is 13.8. The van der Waals surface area contributed by atoms with Crippen molar-refractivity contribution in [2.24, 2.45) is 0 Å². The molecule has 44 heavy (non-hydrogen) atoms. The third-order valence-electron chi connectivity index (χ3n) is 8.66. The highest BCUT2D eigenvalue weighted by Crippen LogP contribution is 2.34. The second kappa shape index (κ2) is 13.2. The van der Waals surface area contributed by atoms with Gasteiger partial charge >= 0.3 is 5.97 Å². The van der Waals surface area contributed by atoms with E-state index in [1.807, 2.05) is 37.3 Å². The first-order valence-corrected chi connectivity index (χ1v) is 15.5. The van der Waals surface area contributed by atoms with E-state index in [4.69, 9.17) is 19.2 Å². The summed E-state index contributed by atoms with van der Waals surface area (Å²) in [6.45, 7) is 10.7. The minimum absolute atomic E-state index is 0.00926. The maximum Gasteiger partial charge on any atom is 0.342 e. The van der Waals surface area contributed by atoms with Crippen molar-refractivity contribution in [1.29, 1.82) is 0 Å². The number of hydrogen-bond donors (Lipinski definition) is 1. The Labute approximate surface area is 258 Å². The molecule has 0 aliphatic carbocycles. The summed E-state index contributed by atoms with van der Waals surface area (Å²) in [5.74, 6) is 0.276. The van der Waals surface area contributed by atoms with Crippen LogP contribution in [0.25, 0.3) is 17.1 Å². The molecule has 0 unspecified atom stereocenters. The van der Waals surface area contributed by atoms with Crippen molar-refractivity contribution in [2.75, 3.05) is 26.3 Å². The molecule has 0 radical (unpaired) electrons. The number of carbonyl (C=O) groups is 1. The quantitative estimate of drug-likeness (QED) is 0.233. The average molecular weight is 597 g/mol. The first kappa shape index (κ1) is 29.8. The SMILES string of the molecule is CCOc1c(C(=O)O)cnn1-c1cccc(-c2cccc(C)c2OCc2ccc3c(c2C)CCN(C[C@@H]2CCCCO2)C3)n1. The van der Waals surface area contributed by atoms with Gasteiger partial charge in [0.25, 0.3) is 0 Å². The third kappa shape index (κ3) is 6.21. The van der Waals surface area contributed by atoms with Crippen LogP contribution in [0.5, 0.6) is 11.6 Å². The van der Waals surface area contributed by atoms with Gasteiger partial charge < -0.3 is 19.3 Å². The van der Waals surface area contributed by atoms with E-state index in [-0.39, 0.29) is 11.4 Å². The zero-order valence-electron chi connectivity index (χ0n) is 25.7. The van der Waals surface area contributed by atoms with Crippen LogP contribution < -0.4 is 9.47 Å². The summed E-state index contributed by atoms with van der Waals surface area (Å²) >= 11 is 0. The molecule has 230 valence electrons. The number of aromatic nitrogens is 3. The Bertz CT molecular complexity index is 1640. The molecule has 9 heteroatoms. The van der Waals surface area contributed by atoms with Gasteiger partial charge in [0.15, 0.2) is 5.82 Å². The Morgan fingerprint density at radius 3 is 2.75 bits per heavy atom. The number of para-hydroxylation sites is 1. The Morgan fingerprint density at radius 1 is 1.09 bits per heavy atom. The van der Waals surface area contributed by atoms with E-state index in [0.717, 1.165) is 49.5 Å². The molecule has 1 saturated heterocycles. The molecule has 9 nitrogen and oxygen atoms in total. The molecular weight excluding hydrogens is 556 g/mol. The van der Waals surface area contributed by atoms with Gasteiger partial charge in [0, 0.05) is 31.8 Å². The number of aryl methyl sites for hydroxylation is 1. The highest BCUT2D eigenvalue weighted by atomic mass is 16.5. The Morgan fingerprint density at radius 2 is 1.95 bits per heavy atom. The van der Waals surface area contributed by atoms with Gasteiger partial charge in [-0.25, -0.2) is 9.78 Å². The van der Waals surface area contributed by atoms with E-state index in [1.54, 1.807) is 13.0 Å². The summed E-state index contributed by atoms with van der Waals surface area (Å²) in [6, 6.07) is 16.1. The number of benzene rings is 2. The normalized spacial score (nSPS) is 16.8. The van der Waals surface area contributed by atoms with Gasteiger partial charge in [0.05, 0.1) is 24.6 Å². The van der Waals surface area contributed by atoms with Crippen LogP contribution in [0.1, 0.15) is 64.4 Å². The fraction of sp³-hybridized carbons (Fsp3) is 0.400. The van der Waals surface area contributed by atoms with Crippen LogP contribution in [-0.4, -0.2) is 63.1 Å². The van der Waals surface area contributed by atoms with E-state index < -0.39 is 5.97 Å². The third-order valence-corrected chi connectivity index (χ3v) is 8.66. The smallest absolute Gasteiger partial charge is 0.342 e. The number of aromatic carboxylic acids is 1. The van der Waals surface area contributed by atoms with Crippen LogP contribution in [0.4, 0.5) is 0 Å². The van der Waals surface area contributed by atoms with Gasteiger partial charge in [-0.3, -0.25) is 4.90 Å². The lowest BCUT2D eigenvalue weighted by Crippen LogP contribution is -2.39. The summed E-state index contributed by atoms with van der Waals surface area (Å²) in [5.41, 5.74) is 7.88. The van der Waals surface area contributed by atoms with Gasteiger partial charge in [-0.1, -0.05) is 30.3 Å². The molecule has 4 heterocycles. The molecule has 2 aromatic heterocycles. The summed E-state index contributed by atoms with van der Waals surface area (Å²) in [6.07, 6.45) is 6.32. The molecule has 6 rings (SSSR count). The fourth-order valence-corrected chi connectivity index (χ4v) is 6.31. The largest absolute Gasteiger partial charge is 0.488 e. The molecule has 1 fully saturated rings. The number of rotatable bonds is 10. The molecule has 2 aliphatic rings. The van der Waals surface area contributed by atoms with Gasteiger partial charge in [0.2, 0.25) is 5.88 Å². The van der Waals surface area contributed by atoms with Crippen molar-refractivity contribution in [1.82, 2.24) is 19.7 Å². The average Bonchev–Trinajstić information content (AvgIpc) is 3.46. The van der Waals surface area contributed by atoms with Gasteiger partial charge in [0.1, 0.15) is 17.9 Å². The van der Waals surface area contributed by atoms with E-state index in [9.17, 15) is 9.90 Å². The Balaban J connectivity index is 1.21. The van der Waals surface area contributed by atoms with Crippen LogP contribution in [-0.2, 0) is 24.3 Å². The van der Waals surface area contributed by atoms with Crippen molar-refractivity contribution in [3.63, 3.8) is 0 Å². The molecule has 0 saturated carbocycles. The van der Waals surface area contributed by atoms with Crippen LogP contribution >= 0.6 is 0 Å². The maximum atomic E-state index is 11.7. The first-order valence-electron chi connectivity index (χ1n) is 15.5. The molecule has 1 N–H and O–H groups in total. The zero-order chi connectivity index (χ0) is 30.6. The zero-order valence-corrected chi connectivity index (χ0v) is 25.7. The number of pyridine rings is 1. The topological polar surface area (TPSA) is 98.9 Å². The van der Waals surface area contributed by atoms with Crippen LogP contribution in [0, 0.1) is 13.8 Å². The van der Waals surface area contributed by atoms with Gasteiger partial charge in [-0.15, -0.1) is 0 Å². The number of fused-ring (bicyclic) bond motifs is 1. The summed E-state index contributed by atoms with van der Waals surface area (Å²) < 4.78 is 19.6. The van der Waals surface area contributed by atoms with Crippen molar-refractivity contribution in [2.45, 2.75) is 65.7 Å². The molecule has 0 bridgehead atoms. The standard InChI is InChI=1S/C35H40N4O5/c1-4-42-34-30(35(40)41)19-36-39(34)32-13-8-12-31(37-32)29-11-7-9-23(2)33(29)44-22-26-15-14-25-20-38(17-16-28(25)24(26)3)21-27-10-5-6-18-43-27/h7-9,11-15,19,27H,4-6,10,16-18,20-22H2,1-3H3,(H,40,41)/t27-/m0/s1. The van der Waals surface area contributed by atoms with E-state index in [1.165, 1.54) is 52.4 Å². The fourth-order valence-electron chi connectivity index (χ4n) is 6.31. The van der Waals surface area contributed by atoms with Crippen LogP contribution in [0.3, 0.4) is 0 Å². The van der Waals surface area contributed by atoms with Crippen LogP contribution in [0.15, 0.2) is 54.7 Å². The molecule has 4 aromatic rings. The Hall–Kier alpha value is -4.21. The van der Waals surface area contributed by atoms with Crippen molar-refractivity contribution >= 4 is 5.97 Å². The maximum absolute atomic E-state index is 11.7. The molecular formula is C35H40N4O5. The van der Waals surface area contributed by atoms with Gasteiger partial charge in [-0.05, 0) is 92.5 Å². The van der Waals surface area contributed by atoms with E-state index >= 15 is 0 Å². The molecule has 0 amide bonds. The van der Waals surface area contributed by atoms with Gasteiger partial charge in [-0.2, -0.15) is 9.78 Å². The molecule has 1 atom stereocenters. The predicted molar refractivity (Wildman–Crippen MR) is 168 cm³/mol. The van der Waals surface area contributed by atoms with E-state index in [2.05, 4.69) is 29.1 Å². The monoisotopic (exact) mass is 596 g/mol. The van der Waals surface area contributed by atoms with Crippen LogP contribution in [0.2, 0.25) is 0 Å². The number of ether oxygens (including phenoxy) is 3. The molecule has 2 aromatic carbocycles. The highest BCUT2D eigenvalue weighted by Gasteiger charge is 2.24. The summed E-state index contributed by atoms with van der Waals surface area (Å²) in [7, 11) is 0. The van der Waals surface area contributed by atoms with Crippen molar-refractivity contribution in [3.05, 3.63) is 88.1 Å². The minimum atomic E-state index is -1.10. The Kier molecular flexibility index (Phi) is 8.95. The van der Waals surface area contributed by atoms with Crippen molar-refractivity contribution in [3.8, 4) is 28.7 Å². The minimum Gasteiger partial charge on any atom is -0.488 e.